The summed E-state index contributed by atoms with van der Waals surface area (Å²) in [7, 11) is 0. The molecule has 0 aliphatic heterocycles. The van der Waals surface area contributed by atoms with Gasteiger partial charge in [0.2, 0.25) is 0 Å². The van der Waals surface area contributed by atoms with Crippen LogP contribution in [0.5, 0.6) is 0 Å². The zero-order valence-electron chi connectivity index (χ0n) is 35.1. The molecule has 0 atom stereocenters. The summed E-state index contributed by atoms with van der Waals surface area (Å²) in [5.41, 5.74) is 3.83. The van der Waals surface area contributed by atoms with Crippen molar-refractivity contribution in [1.82, 2.24) is 0 Å². The van der Waals surface area contributed by atoms with E-state index in [0.717, 1.165) is 46.9 Å². The molecule has 1 aromatic heterocycles. The molecule has 0 bridgehead atoms. The van der Waals surface area contributed by atoms with Crippen LogP contribution in [0.1, 0.15) is 44.8 Å². The maximum absolute atomic E-state index is 9.26. The number of para-hydroxylation sites is 1. The number of fused-ring (bicyclic) bond motifs is 3. The number of benzene rings is 6. The molecule has 0 N–H and O–H groups in total. The van der Waals surface area contributed by atoms with E-state index in [9.17, 15) is 1.37 Å². The first kappa shape index (κ1) is 17.6. The highest BCUT2D eigenvalue weighted by Crippen LogP contribution is 2.45. The van der Waals surface area contributed by atoms with E-state index in [2.05, 4.69) is 0 Å². The molecule has 0 fully saturated rings. The molecule has 8 rings (SSSR count). The molecule has 0 saturated carbocycles. The lowest BCUT2D eigenvalue weighted by Crippen LogP contribution is -1.95. The molecule has 1 aliphatic rings. The molecule has 1 nitrogen and oxygen atoms in total. The molecule has 1 heteroatoms. The Morgan fingerprint density at radius 3 is 2.16 bits per heavy atom. The summed E-state index contributed by atoms with van der Waals surface area (Å²) in [6.45, 7) is 1.15. The minimum Gasteiger partial charge on any atom is -0.456 e. The fraction of sp³-hybridized carbons (Fsp3) is 0.0455. The first-order valence-corrected chi connectivity index (χ1v) is 14.7. The zero-order valence-corrected chi connectivity index (χ0v) is 24.1. The van der Waals surface area contributed by atoms with Gasteiger partial charge < -0.3 is 4.42 Å². The zero-order chi connectivity index (χ0) is 39.6. The van der Waals surface area contributed by atoms with Crippen LogP contribution in [-0.4, -0.2) is 0 Å². The second-order valence-electron chi connectivity index (χ2n) is 10.8. The molecule has 6 aromatic carbocycles. The van der Waals surface area contributed by atoms with Crippen LogP contribution < -0.4 is 0 Å². The minimum atomic E-state index is -0.467. The fourth-order valence-electron chi connectivity index (χ4n) is 6.15. The molecule has 214 valence electrons. The Kier molecular flexibility index (Phi) is 4.47. The maximum Gasteiger partial charge on any atom is 0.136 e. The average molecular weight is 588 g/mol. The smallest absolute Gasteiger partial charge is 0.136 e. The molecule has 0 spiro atoms. The Bertz CT molecular complexity index is 2850. The first-order valence-electron chi connectivity index (χ1n) is 20.3. The van der Waals surface area contributed by atoms with E-state index in [-0.39, 0.29) is 58.1 Å². The molecule has 0 saturated heterocycles. The van der Waals surface area contributed by atoms with Gasteiger partial charge in [-0.2, -0.15) is 0 Å². The summed E-state index contributed by atoms with van der Waals surface area (Å²) in [5, 5.41) is 3.03. The van der Waals surface area contributed by atoms with Crippen LogP contribution in [0.25, 0.3) is 66.4 Å². The van der Waals surface area contributed by atoms with E-state index in [1.165, 1.54) is 0 Å². The van der Waals surface area contributed by atoms with Crippen molar-refractivity contribution in [1.29, 1.82) is 0 Å². The van der Waals surface area contributed by atoms with E-state index in [4.69, 9.17) is 18.1 Å². The summed E-state index contributed by atoms with van der Waals surface area (Å²) in [6.07, 6.45) is 9.23. The first-order chi connectivity index (χ1) is 26.9. The Labute approximate surface area is 279 Å². The highest BCUT2D eigenvalue weighted by atomic mass is 16.3. The highest BCUT2D eigenvalue weighted by Gasteiger charge is 2.22. The summed E-state index contributed by atoms with van der Waals surface area (Å²) < 4.78 is 101. The standard InChI is InChI=1S/C44H32O/c1-30(43-39-25-12-13-26-40(39)45-41(43)28-27-31-15-4-2-5-16-31)42-35-21-8-10-23-37(35)44(38-24-11-9-22-36(38)42)34-20-14-19-33(29-34)32-17-6-3-7-18-32/h3-4,6-29H,1-2,5H2/b28-27+/i1D,3D,6D,7D,12D,13D,17D,18D,25D,26D,28D/b28-27+,30-1?. The third kappa shape index (κ3) is 4.83. The Morgan fingerprint density at radius 1 is 0.711 bits per heavy atom. The molecular weight excluding hydrogens is 544 g/mol. The van der Waals surface area contributed by atoms with Gasteiger partial charge in [-0.1, -0.05) is 146 Å². The van der Waals surface area contributed by atoms with Crippen LogP contribution in [0.3, 0.4) is 0 Å². The number of allylic oxidation sites excluding steroid dienone is 5. The number of hydrogen-bond donors (Lipinski definition) is 0. The van der Waals surface area contributed by atoms with Gasteiger partial charge in [-0.25, -0.2) is 0 Å². The molecule has 0 amide bonds. The predicted octanol–water partition coefficient (Wildman–Crippen LogP) is 12.4. The largest absolute Gasteiger partial charge is 0.456 e. The average Bonchev–Trinajstić information content (AvgIpc) is 3.62. The second-order valence-corrected chi connectivity index (χ2v) is 10.8. The van der Waals surface area contributed by atoms with Gasteiger partial charge in [-0.05, 0) is 91.5 Å². The van der Waals surface area contributed by atoms with E-state index >= 15 is 0 Å². The molecule has 7 aromatic rings. The summed E-state index contributed by atoms with van der Waals surface area (Å²) in [6, 6.07) is 18.8. The maximum atomic E-state index is 9.26. The molecule has 1 heterocycles. The van der Waals surface area contributed by atoms with Crippen LogP contribution in [0.15, 0.2) is 168 Å². The van der Waals surface area contributed by atoms with Gasteiger partial charge in [0.15, 0.2) is 0 Å². The van der Waals surface area contributed by atoms with Crippen LogP contribution in [-0.2, 0) is 0 Å². The van der Waals surface area contributed by atoms with E-state index < -0.39 is 30.2 Å². The topological polar surface area (TPSA) is 13.1 Å². The van der Waals surface area contributed by atoms with Crippen LogP contribution >= 0.6 is 0 Å². The van der Waals surface area contributed by atoms with Gasteiger partial charge in [0, 0.05) is 10.9 Å². The van der Waals surface area contributed by atoms with Gasteiger partial charge in [0.1, 0.15) is 11.3 Å². The molecule has 1 aliphatic carbocycles. The Morgan fingerprint density at radius 2 is 1.42 bits per heavy atom. The van der Waals surface area contributed by atoms with Crippen molar-refractivity contribution in [2.24, 2.45) is 0 Å². The lowest BCUT2D eigenvalue weighted by atomic mass is 9.83. The summed E-state index contributed by atoms with van der Waals surface area (Å²) in [5.74, 6) is 0.00827. The van der Waals surface area contributed by atoms with Crippen molar-refractivity contribution < 1.29 is 19.5 Å². The van der Waals surface area contributed by atoms with Gasteiger partial charge >= 0.3 is 0 Å². The van der Waals surface area contributed by atoms with Gasteiger partial charge in [0.25, 0.3) is 0 Å². The lowest BCUT2D eigenvalue weighted by Gasteiger charge is -2.19. The van der Waals surface area contributed by atoms with Gasteiger partial charge in [-0.3, -0.25) is 0 Å². The number of rotatable bonds is 6. The summed E-state index contributed by atoms with van der Waals surface area (Å²) in [4.78, 5) is 0. The third-order valence-electron chi connectivity index (χ3n) is 8.14. The number of hydrogen-bond acceptors (Lipinski definition) is 1. The monoisotopic (exact) mass is 587 g/mol. The molecule has 0 unspecified atom stereocenters. The van der Waals surface area contributed by atoms with Crippen LogP contribution in [0.2, 0.25) is 0 Å². The van der Waals surface area contributed by atoms with Crippen molar-refractivity contribution in [2.75, 3.05) is 0 Å². The quantitative estimate of drug-likeness (QED) is 0.176. The molecule has 45 heavy (non-hydrogen) atoms. The van der Waals surface area contributed by atoms with Crippen LogP contribution in [0, 0.1) is 0 Å². The van der Waals surface area contributed by atoms with E-state index in [0.29, 0.717) is 27.5 Å². The fourth-order valence-corrected chi connectivity index (χ4v) is 6.15. The SMILES string of the molecule is [2H]C=C(c1c2ccccc2c(-c2cccc(-c3c([2H])c([2H])c([2H])c([2H])c3[2H])c2)c2ccccc12)c1c(/C([2H])=C/C2=CCCC=C2)oc2c([2H])c([2H])c([2H])c([2H])c12. The van der Waals surface area contributed by atoms with Crippen molar-refractivity contribution >= 4 is 44.1 Å². The van der Waals surface area contributed by atoms with Crippen molar-refractivity contribution in [3.63, 3.8) is 0 Å². The third-order valence-corrected chi connectivity index (χ3v) is 8.14. The van der Waals surface area contributed by atoms with E-state index in [1.54, 1.807) is 18.2 Å². The van der Waals surface area contributed by atoms with Gasteiger partial charge in [-0.15, -0.1) is 0 Å². The molecular formula is C44H32O. The Balaban J connectivity index is 1.44. The van der Waals surface area contributed by atoms with Gasteiger partial charge in [0.05, 0.1) is 15.1 Å². The van der Waals surface area contributed by atoms with Crippen molar-refractivity contribution in [2.45, 2.75) is 12.8 Å². The Hall–Kier alpha value is -5.66. The second kappa shape index (κ2) is 11.4. The van der Waals surface area contributed by atoms with Crippen LogP contribution in [0.4, 0.5) is 0 Å². The minimum absolute atomic E-state index is 0.00827. The summed E-state index contributed by atoms with van der Waals surface area (Å²) >= 11 is 0. The molecule has 0 radical (unpaired) electrons. The lowest BCUT2D eigenvalue weighted by molar-refractivity contribution is 0.603. The van der Waals surface area contributed by atoms with Crippen molar-refractivity contribution in [3.05, 3.63) is 180 Å². The normalized spacial score (nSPS) is 17.3. The van der Waals surface area contributed by atoms with Crippen molar-refractivity contribution in [3.8, 4) is 22.3 Å². The predicted molar refractivity (Wildman–Crippen MR) is 192 cm³/mol. The van der Waals surface area contributed by atoms with E-state index in [1.807, 2.05) is 78.9 Å². The highest BCUT2D eigenvalue weighted by molar-refractivity contribution is 6.21. The number of furan rings is 1.